The first-order valence-corrected chi connectivity index (χ1v) is 6.13. The molecule has 2 aromatic rings. The molecule has 0 aliphatic heterocycles. The van der Waals surface area contributed by atoms with E-state index in [4.69, 9.17) is 27.9 Å². The molecule has 0 saturated carbocycles. The maximum absolute atomic E-state index is 5.90. The van der Waals surface area contributed by atoms with Crippen molar-refractivity contribution in [1.82, 2.24) is 9.97 Å². The lowest BCUT2D eigenvalue weighted by Crippen LogP contribution is -2.00. The van der Waals surface area contributed by atoms with Gasteiger partial charge >= 0.3 is 0 Å². The van der Waals surface area contributed by atoms with E-state index in [1.807, 2.05) is 6.92 Å². The molecule has 18 heavy (non-hydrogen) atoms. The number of halogens is 2. The minimum absolute atomic E-state index is 0.440. The van der Waals surface area contributed by atoms with Crippen LogP contribution >= 0.6 is 23.2 Å². The van der Waals surface area contributed by atoms with E-state index in [2.05, 4.69) is 15.3 Å². The standard InChI is InChI=1S/C12H11Cl2N3O/c1-2-15-11-6-12(17-7-16-11)18-8-3-4-9(13)10(14)5-8/h3-7H,2H2,1H3,(H,15,16,17). The number of benzene rings is 1. The third kappa shape index (κ3) is 3.24. The van der Waals surface area contributed by atoms with Crippen LogP contribution in [0.4, 0.5) is 5.82 Å². The summed E-state index contributed by atoms with van der Waals surface area (Å²) in [7, 11) is 0. The fourth-order valence-corrected chi connectivity index (χ4v) is 1.62. The lowest BCUT2D eigenvalue weighted by molar-refractivity contribution is 0.462. The Hall–Kier alpha value is -1.52. The summed E-state index contributed by atoms with van der Waals surface area (Å²) in [5, 5.41) is 4.00. The molecular formula is C12H11Cl2N3O. The predicted octanol–water partition coefficient (Wildman–Crippen LogP) is 4.01. The minimum atomic E-state index is 0.440. The molecule has 1 aromatic heterocycles. The quantitative estimate of drug-likeness (QED) is 0.921. The van der Waals surface area contributed by atoms with Gasteiger partial charge in [0.25, 0.3) is 0 Å². The Bertz CT molecular complexity index is 549. The number of hydrogen-bond acceptors (Lipinski definition) is 4. The van der Waals surface area contributed by atoms with Gasteiger partial charge in [-0.05, 0) is 19.1 Å². The van der Waals surface area contributed by atoms with Crippen LogP contribution in [0.25, 0.3) is 0 Å². The van der Waals surface area contributed by atoms with Crippen molar-refractivity contribution in [1.29, 1.82) is 0 Å². The van der Waals surface area contributed by atoms with E-state index >= 15 is 0 Å². The van der Waals surface area contributed by atoms with Gasteiger partial charge in [-0.2, -0.15) is 0 Å². The molecule has 0 amide bonds. The molecule has 0 spiro atoms. The zero-order chi connectivity index (χ0) is 13.0. The maximum atomic E-state index is 5.90. The molecular weight excluding hydrogens is 273 g/mol. The molecule has 6 heteroatoms. The van der Waals surface area contributed by atoms with Crippen molar-refractivity contribution in [3.05, 3.63) is 40.6 Å². The van der Waals surface area contributed by atoms with Gasteiger partial charge in [0.2, 0.25) is 5.88 Å². The van der Waals surface area contributed by atoms with Crippen LogP contribution in [0.5, 0.6) is 11.6 Å². The summed E-state index contributed by atoms with van der Waals surface area (Å²) in [6.07, 6.45) is 1.44. The number of hydrogen-bond donors (Lipinski definition) is 1. The molecule has 1 aromatic carbocycles. The average Bonchev–Trinajstić information content (AvgIpc) is 2.35. The molecule has 0 atom stereocenters. The highest BCUT2D eigenvalue weighted by Crippen LogP contribution is 2.28. The SMILES string of the molecule is CCNc1cc(Oc2ccc(Cl)c(Cl)c2)ncn1. The molecule has 0 radical (unpaired) electrons. The highest BCUT2D eigenvalue weighted by Gasteiger charge is 2.04. The third-order valence-corrected chi connectivity index (χ3v) is 2.85. The fraction of sp³-hybridized carbons (Fsp3) is 0.167. The molecule has 0 aliphatic rings. The summed E-state index contributed by atoms with van der Waals surface area (Å²) in [6.45, 7) is 2.77. The molecule has 0 unspecified atom stereocenters. The van der Waals surface area contributed by atoms with E-state index in [0.717, 1.165) is 6.54 Å². The van der Waals surface area contributed by atoms with Crippen molar-refractivity contribution in [3.63, 3.8) is 0 Å². The highest BCUT2D eigenvalue weighted by molar-refractivity contribution is 6.42. The van der Waals surface area contributed by atoms with Crippen LogP contribution in [0.2, 0.25) is 10.0 Å². The van der Waals surface area contributed by atoms with E-state index in [9.17, 15) is 0 Å². The summed E-state index contributed by atoms with van der Waals surface area (Å²) in [6, 6.07) is 6.75. The Balaban J connectivity index is 2.17. The van der Waals surface area contributed by atoms with Crippen molar-refractivity contribution in [2.75, 3.05) is 11.9 Å². The molecule has 0 bridgehead atoms. The van der Waals surface area contributed by atoms with Crippen LogP contribution in [0.1, 0.15) is 6.92 Å². The zero-order valence-electron chi connectivity index (χ0n) is 9.65. The summed E-state index contributed by atoms with van der Waals surface area (Å²) in [4.78, 5) is 8.07. The summed E-state index contributed by atoms with van der Waals surface area (Å²) in [5.41, 5.74) is 0. The first-order chi connectivity index (χ1) is 8.69. The van der Waals surface area contributed by atoms with E-state index in [1.54, 1.807) is 24.3 Å². The van der Waals surface area contributed by atoms with Crippen molar-refractivity contribution >= 4 is 29.0 Å². The number of nitrogens with zero attached hydrogens (tertiary/aromatic N) is 2. The van der Waals surface area contributed by atoms with Crippen LogP contribution < -0.4 is 10.1 Å². The maximum Gasteiger partial charge on any atom is 0.224 e. The molecule has 2 rings (SSSR count). The summed E-state index contributed by atoms with van der Waals surface area (Å²) in [5.74, 6) is 1.73. The zero-order valence-corrected chi connectivity index (χ0v) is 11.2. The number of aromatic nitrogens is 2. The van der Waals surface area contributed by atoms with Crippen LogP contribution in [-0.4, -0.2) is 16.5 Å². The average molecular weight is 284 g/mol. The van der Waals surface area contributed by atoms with Gasteiger partial charge in [-0.1, -0.05) is 23.2 Å². The summed E-state index contributed by atoms with van der Waals surface area (Å²) < 4.78 is 5.57. The first kappa shape index (κ1) is 12.9. The molecule has 1 N–H and O–H groups in total. The lowest BCUT2D eigenvalue weighted by Gasteiger charge is -2.07. The Morgan fingerprint density at radius 2 is 2.00 bits per heavy atom. The van der Waals surface area contributed by atoms with Crippen molar-refractivity contribution in [2.24, 2.45) is 0 Å². The monoisotopic (exact) mass is 283 g/mol. The third-order valence-electron chi connectivity index (χ3n) is 2.11. The van der Waals surface area contributed by atoms with Crippen LogP contribution in [0.3, 0.4) is 0 Å². The molecule has 1 heterocycles. The number of anilines is 1. The first-order valence-electron chi connectivity index (χ1n) is 5.38. The molecule has 0 fully saturated rings. The number of rotatable bonds is 4. The van der Waals surface area contributed by atoms with Crippen molar-refractivity contribution in [3.8, 4) is 11.6 Å². The van der Waals surface area contributed by atoms with Gasteiger partial charge in [-0.15, -0.1) is 0 Å². The number of nitrogens with one attached hydrogen (secondary N) is 1. The Morgan fingerprint density at radius 3 is 2.72 bits per heavy atom. The van der Waals surface area contributed by atoms with E-state index in [0.29, 0.717) is 27.5 Å². The smallest absolute Gasteiger partial charge is 0.224 e. The molecule has 0 aliphatic carbocycles. The van der Waals surface area contributed by atoms with Gasteiger partial charge in [-0.25, -0.2) is 9.97 Å². The largest absolute Gasteiger partial charge is 0.439 e. The number of ether oxygens (including phenoxy) is 1. The van der Waals surface area contributed by atoms with Gasteiger partial charge in [-0.3, -0.25) is 0 Å². The van der Waals surface area contributed by atoms with Crippen molar-refractivity contribution < 1.29 is 4.74 Å². The van der Waals surface area contributed by atoms with Crippen LogP contribution in [-0.2, 0) is 0 Å². The minimum Gasteiger partial charge on any atom is -0.439 e. The molecule has 94 valence electrons. The predicted molar refractivity (Wildman–Crippen MR) is 72.7 cm³/mol. The van der Waals surface area contributed by atoms with Gasteiger partial charge < -0.3 is 10.1 Å². The second kappa shape index (κ2) is 5.89. The Labute approximate surface area is 115 Å². The topological polar surface area (TPSA) is 47.0 Å². The lowest BCUT2D eigenvalue weighted by atomic mass is 10.3. The van der Waals surface area contributed by atoms with Crippen LogP contribution in [0, 0.1) is 0 Å². The second-order valence-corrected chi connectivity index (χ2v) is 4.26. The Morgan fingerprint density at radius 1 is 1.17 bits per heavy atom. The van der Waals surface area contributed by atoms with E-state index < -0.39 is 0 Å². The van der Waals surface area contributed by atoms with E-state index in [1.165, 1.54) is 6.33 Å². The Kier molecular flexibility index (Phi) is 4.23. The fourth-order valence-electron chi connectivity index (χ4n) is 1.33. The second-order valence-electron chi connectivity index (χ2n) is 3.45. The van der Waals surface area contributed by atoms with Gasteiger partial charge in [0.05, 0.1) is 10.0 Å². The molecule has 4 nitrogen and oxygen atoms in total. The van der Waals surface area contributed by atoms with Gasteiger partial charge in [0.1, 0.15) is 17.9 Å². The summed E-state index contributed by atoms with van der Waals surface area (Å²) >= 11 is 11.7. The highest BCUT2D eigenvalue weighted by atomic mass is 35.5. The van der Waals surface area contributed by atoms with Crippen molar-refractivity contribution in [2.45, 2.75) is 6.92 Å². The van der Waals surface area contributed by atoms with Gasteiger partial charge in [0.15, 0.2) is 0 Å². The molecule has 0 saturated heterocycles. The van der Waals surface area contributed by atoms with E-state index in [-0.39, 0.29) is 0 Å². The van der Waals surface area contributed by atoms with Gasteiger partial charge in [0, 0.05) is 18.7 Å². The van der Waals surface area contributed by atoms with Crippen LogP contribution in [0.15, 0.2) is 30.6 Å². The normalized spacial score (nSPS) is 10.2.